The van der Waals surface area contributed by atoms with E-state index in [1.807, 2.05) is 0 Å². The van der Waals surface area contributed by atoms with Crippen molar-refractivity contribution in [3.8, 4) is 5.69 Å². The number of hydrogen-bond acceptors (Lipinski definition) is 2. The Kier molecular flexibility index (Phi) is 10.3. The second-order valence-electron chi connectivity index (χ2n) is 24.7. The maximum Gasteiger partial charge on any atom is 0.252 e. The Morgan fingerprint density at radius 1 is 0.338 bits per heavy atom. The third-order valence-corrected chi connectivity index (χ3v) is 15.4. The molecule has 68 heavy (non-hydrogen) atoms. The maximum atomic E-state index is 2.70. The Morgan fingerprint density at radius 2 is 0.794 bits per heavy atom. The summed E-state index contributed by atoms with van der Waals surface area (Å²) in [7, 11) is 0. The summed E-state index contributed by atoms with van der Waals surface area (Å²) in [6.45, 7) is 42.1. The van der Waals surface area contributed by atoms with E-state index in [0.717, 1.165) is 0 Å². The van der Waals surface area contributed by atoms with Crippen molar-refractivity contribution in [1.29, 1.82) is 0 Å². The van der Waals surface area contributed by atoms with E-state index in [1.54, 1.807) is 0 Å². The zero-order chi connectivity index (χ0) is 48.9. The van der Waals surface area contributed by atoms with Crippen LogP contribution >= 0.6 is 0 Å². The van der Waals surface area contributed by atoms with E-state index in [2.05, 4.69) is 248 Å². The fraction of sp³-hybridized carbons (Fsp3) is 0.344. The first kappa shape index (κ1) is 45.8. The van der Waals surface area contributed by atoms with Crippen LogP contribution in [0.2, 0.25) is 0 Å². The normalized spacial score (nSPS) is 13.9. The average molecular weight is 894 g/mol. The Morgan fingerprint density at radius 3 is 1.29 bits per heavy atom. The predicted molar refractivity (Wildman–Crippen MR) is 298 cm³/mol. The minimum absolute atomic E-state index is 0.00992. The van der Waals surface area contributed by atoms with E-state index in [4.69, 9.17) is 0 Å². The third-order valence-electron chi connectivity index (χ3n) is 15.4. The molecule has 0 bridgehead atoms. The standard InChI is InChI=1S/C64H72BN3/c1-37-22-21-23-38(2)58(37)66-51-25-20-19-24-47(51)48-35-50-54(36-53(48)66)68(60-41(5)30-45(31-42(60)6)63(13,14)15)56-34-46(64(16,17)18)33-55-57(56)65(50)49-32-43(61(7,8)9)26-27-52(49)67(55)59-39(3)28-44(29-40(59)4)62(10,11)12/h19-36H,1-18H3. The minimum Gasteiger partial charge on any atom is -0.311 e. The van der Waals surface area contributed by atoms with E-state index in [9.17, 15) is 0 Å². The largest absolute Gasteiger partial charge is 0.311 e. The molecule has 0 saturated carbocycles. The highest BCUT2D eigenvalue weighted by molar-refractivity contribution is 7.00. The molecule has 0 atom stereocenters. The molecule has 2 aliphatic rings. The van der Waals surface area contributed by atoms with Gasteiger partial charge in [0.15, 0.2) is 0 Å². The summed E-state index contributed by atoms with van der Waals surface area (Å²) in [5.41, 5.74) is 28.4. The first-order chi connectivity index (χ1) is 31.8. The van der Waals surface area contributed by atoms with Crippen molar-refractivity contribution in [2.24, 2.45) is 0 Å². The van der Waals surface area contributed by atoms with Gasteiger partial charge >= 0.3 is 0 Å². The van der Waals surface area contributed by atoms with Gasteiger partial charge < -0.3 is 14.4 Å². The van der Waals surface area contributed by atoms with Crippen LogP contribution in [0.5, 0.6) is 0 Å². The van der Waals surface area contributed by atoms with Crippen LogP contribution in [-0.2, 0) is 21.7 Å². The number of anilines is 6. The Bertz CT molecular complexity index is 3340. The molecule has 0 aliphatic carbocycles. The summed E-state index contributed by atoms with van der Waals surface area (Å²) in [5, 5.41) is 2.57. The summed E-state index contributed by atoms with van der Waals surface area (Å²) in [5.74, 6) is 0. The molecule has 0 N–H and O–H groups in total. The molecule has 3 nitrogen and oxygen atoms in total. The number of rotatable bonds is 3. The fourth-order valence-corrected chi connectivity index (χ4v) is 11.7. The van der Waals surface area contributed by atoms with E-state index < -0.39 is 0 Å². The fourth-order valence-electron chi connectivity index (χ4n) is 11.7. The lowest BCUT2D eigenvalue weighted by Gasteiger charge is -2.46. The van der Waals surface area contributed by atoms with Crippen LogP contribution in [0.1, 0.15) is 139 Å². The van der Waals surface area contributed by atoms with Gasteiger partial charge in [0.2, 0.25) is 0 Å². The Balaban J connectivity index is 1.42. The second-order valence-corrected chi connectivity index (χ2v) is 24.7. The van der Waals surface area contributed by atoms with Gasteiger partial charge in [0.25, 0.3) is 6.71 Å². The van der Waals surface area contributed by atoms with E-state index >= 15 is 0 Å². The molecular formula is C64H72BN3. The summed E-state index contributed by atoms with van der Waals surface area (Å²) in [4.78, 5) is 5.36. The molecule has 7 aromatic carbocycles. The molecule has 8 aromatic rings. The maximum absolute atomic E-state index is 2.70. The van der Waals surface area contributed by atoms with Crippen LogP contribution in [-0.4, -0.2) is 11.3 Å². The topological polar surface area (TPSA) is 11.4 Å². The lowest BCUT2D eigenvalue weighted by atomic mass is 9.33. The molecule has 0 fully saturated rings. The molecule has 0 saturated heterocycles. The van der Waals surface area contributed by atoms with Gasteiger partial charge in [-0.3, -0.25) is 0 Å². The van der Waals surface area contributed by atoms with Gasteiger partial charge in [0, 0.05) is 33.5 Å². The van der Waals surface area contributed by atoms with Gasteiger partial charge in [-0.15, -0.1) is 0 Å². The van der Waals surface area contributed by atoms with Crippen molar-refractivity contribution in [3.05, 3.63) is 165 Å². The number of benzene rings is 7. The number of hydrogen-bond donors (Lipinski definition) is 0. The lowest BCUT2D eigenvalue weighted by Crippen LogP contribution is -2.61. The average Bonchev–Trinajstić information content (AvgIpc) is 3.54. The van der Waals surface area contributed by atoms with Crippen molar-refractivity contribution in [2.45, 2.75) is 146 Å². The molecule has 0 amide bonds. The molecule has 0 unspecified atom stereocenters. The summed E-state index contributed by atoms with van der Waals surface area (Å²) in [6, 6.07) is 43.3. The van der Waals surface area contributed by atoms with Crippen LogP contribution in [0.3, 0.4) is 0 Å². The number of nitrogens with zero attached hydrogens (tertiary/aromatic N) is 3. The zero-order valence-corrected chi connectivity index (χ0v) is 44.3. The lowest BCUT2D eigenvalue weighted by molar-refractivity contribution is 0.589. The Hall–Kier alpha value is -6.00. The molecular weight excluding hydrogens is 822 g/mol. The summed E-state index contributed by atoms with van der Waals surface area (Å²) < 4.78 is 2.56. The monoisotopic (exact) mass is 894 g/mol. The third kappa shape index (κ3) is 7.06. The van der Waals surface area contributed by atoms with Gasteiger partial charge in [0.05, 0.1) is 28.1 Å². The van der Waals surface area contributed by atoms with Crippen LogP contribution in [0.15, 0.2) is 109 Å². The van der Waals surface area contributed by atoms with Crippen LogP contribution in [0.4, 0.5) is 34.1 Å². The Labute approximate surface area is 408 Å². The highest BCUT2D eigenvalue weighted by Gasteiger charge is 2.46. The summed E-state index contributed by atoms with van der Waals surface area (Å²) >= 11 is 0. The molecule has 0 spiro atoms. The first-order valence-corrected chi connectivity index (χ1v) is 25.1. The zero-order valence-electron chi connectivity index (χ0n) is 44.3. The number of fused-ring (bicyclic) bond motifs is 7. The highest BCUT2D eigenvalue weighted by atomic mass is 15.2. The molecule has 2 aliphatic heterocycles. The molecule has 1 aromatic heterocycles. The van der Waals surface area contributed by atoms with Crippen molar-refractivity contribution in [1.82, 2.24) is 4.57 Å². The van der Waals surface area contributed by atoms with Gasteiger partial charge in [-0.2, -0.15) is 0 Å². The minimum atomic E-state index is -0.131. The van der Waals surface area contributed by atoms with E-state index in [0.29, 0.717) is 0 Å². The van der Waals surface area contributed by atoms with Gasteiger partial charge in [0.1, 0.15) is 0 Å². The van der Waals surface area contributed by atoms with Gasteiger partial charge in [-0.25, -0.2) is 0 Å². The van der Waals surface area contributed by atoms with E-state index in [1.165, 1.54) is 134 Å². The smallest absolute Gasteiger partial charge is 0.252 e. The van der Waals surface area contributed by atoms with Crippen molar-refractivity contribution < 1.29 is 0 Å². The molecule has 4 heteroatoms. The van der Waals surface area contributed by atoms with Crippen molar-refractivity contribution >= 4 is 79.0 Å². The van der Waals surface area contributed by atoms with Crippen LogP contribution in [0.25, 0.3) is 27.5 Å². The van der Waals surface area contributed by atoms with Crippen molar-refractivity contribution in [3.63, 3.8) is 0 Å². The molecule has 3 heterocycles. The quantitative estimate of drug-likeness (QED) is 0.164. The second kappa shape index (κ2) is 15.3. The van der Waals surface area contributed by atoms with Gasteiger partial charge in [-0.05, 0) is 166 Å². The first-order valence-electron chi connectivity index (χ1n) is 25.1. The van der Waals surface area contributed by atoms with Crippen molar-refractivity contribution in [2.75, 3.05) is 9.80 Å². The van der Waals surface area contributed by atoms with Gasteiger partial charge in [-0.1, -0.05) is 162 Å². The predicted octanol–water partition coefficient (Wildman–Crippen LogP) is 15.9. The van der Waals surface area contributed by atoms with Crippen LogP contribution < -0.4 is 26.2 Å². The highest BCUT2D eigenvalue weighted by Crippen LogP contribution is 2.51. The number of para-hydroxylation sites is 2. The molecule has 10 rings (SSSR count). The SMILES string of the molecule is Cc1cc(C(C)(C)C)cc(C)c1N1c2ccc(C(C)(C)C)cc2B2c3cc4c5ccccc5n(-c5c(C)cccc5C)c4cc3N(c3c(C)cc(C(C)(C)C)cc3C)c3cc(C(C)(C)C)cc1c32. The number of aryl methyl sites for hydroxylation is 6. The molecule has 0 radical (unpaired) electrons. The van der Waals surface area contributed by atoms with Crippen LogP contribution in [0, 0.1) is 41.5 Å². The van der Waals surface area contributed by atoms with E-state index in [-0.39, 0.29) is 28.4 Å². The molecule has 346 valence electrons. The number of aromatic nitrogens is 1. The summed E-state index contributed by atoms with van der Waals surface area (Å²) in [6.07, 6.45) is 0.